The van der Waals surface area contributed by atoms with Gasteiger partial charge in [-0.25, -0.2) is 0 Å². The van der Waals surface area contributed by atoms with Crippen molar-refractivity contribution in [3.05, 3.63) is 36.5 Å². The highest BCUT2D eigenvalue weighted by Crippen LogP contribution is 2.38. The van der Waals surface area contributed by atoms with Crippen molar-refractivity contribution < 1.29 is 32.9 Å². The van der Waals surface area contributed by atoms with Crippen LogP contribution in [0.4, 0.5) is 0 Å². The zero-order valence-corrected chi connectivity index (χ0v) is 42.5. The molecule has 3 atom stereocenters. The fourth-order valence-corrected chi connectivity index (χ4v) is 8.36. The Kier molecular flexibility index (Phi) is 44.0. The highest BCUT2D eigenvalue weighted by molar-refractivity contribution is 7.45. The van der Waals surface area contributed by atoms with Crippen molar-refractivity contribution in [2.75, 3.05) is 40.9 Å². The lowest BCUT2D eigenvalue weighted by Gasteiger charge is -2.29. The van der Waals surface area contributed by atoms with Crippen molar-refractivity contribution in [1.82, 2.24) is 5.32 Å². The topological polar surface area (TPSA) is 108 Å². The average molecular weight is 895 g/mol. The lowest BCUT2D eigenvalue weighted by Crippen LogP contribution is -2.45. The van der Waals surface area contributed by atoms with E-state index >= 15 is 0 Å². The van der Waals surface area contributed by atoms with Gasteiger partial charge in [0.15, 0.2) is 0 Å². The van der Waals surface area contributed by atoms with Crippen LogP contribution in [0, 0.1) is 0 Å². The number of nitrogens with zero attached hydrogens (tertiary/aromatic N) is 1. The first-order chi connectivity index (χ1) is 30.0. The van der Waals surface area contributed by atoms with Gasteiger partial charge in [-0.1, -0.05) is 217 Å². The Balaban J connectivity index is 4.34. The Morgan fingerprint density at radius 2 is 0.903 bits per heavy atom. The maximum atomic E-state index is 12.9. The minimum Gasteiger partial charge on any atom is -0.756 e. The maximum absolute atomic E-state index is 12.9. The molecule has 9 heteroatoms. The van der Waals surface area contributed by atoms with Crippen LogP contribution in [0.3, 0.4) is 0 Å². The van der Waals surface area contributed by atoms with Crippen LogP contribution >= 0.6 is 7.82 Å². The number of allylic oxidation sites excluding steroid dienone is 5. The summed E-state index contributed by atoms with van der Waals surface area (Å²) >= 11 is 0. The van der Waals surface area contributed by atoms with Crippen molar-refractivity contribution in [2.24, 2.45) is 0 Å². The third-order valence-corrected chi connectivity index (χ3v) is 12.8. The van der Waals surface area contributed by atoms with Crippen LogP contribution in [-0.4, -0.2) is 68.5 Å². The van der Waals surface area contributed by atoms with Gasteiger partial charge in [0.2, 0.25) is 5.91 Å². The number of rotatable bonds is 48. The molecule has 0 aromatic heterocycles. The first-order valence-electron chi connectivity index (χ1n) is 26.4. The Morgan fingerprint density at radius 1 is 0.548 bits per heavy atom. The summed E-state index contributed by atoms with van der Waals surface area (Å²) in [4.78, 5) is 25.4. The predicted molar refractivity (Wildman–Crippen MR) is 265 cm³/mol. The van der Waals surface area contributed by atoms with E-state index in [0.717, 1.165) is 38.5 Å². The van der Waals surface area contributed by atoms with Crippen molar-refractivity contribution in [2.45, 2.75) is 257 Å². The van der Waals surface area contributed by atoms with Crippen molar-refractivity contribution in [3.63, 3.8) is 0 Å². The predicted octanol–water partition coefficient (Wildman–Crippen LogP) is 14.8. The molecule has 0 fully saturated rings. The number of aliphatic hydroxyl groups is 1. The Labute approximate surface area is 385 Å². The summed E-state index contributed by atoms with van der Waals surface area (Å²) in [6, 6.07) is -0.903. The molecule has 0 saturated carbocycles. The standard InChI is InChI=1S/C53H103N2O6P/c1-6-8-10-12-14-16-18-20-22-24-26-27-29-30-32-34-36-38-40-42-44-46-52(56)51(50-61-62(58,59)60-49-48-55(3,4)5)54-53(57)47-45-43-41-39-37-35-33-31-28-25-23-21-19-17-15-13-11-9-7-2/h21,23,36,38,44,46,51-52,56H,6-20,22,24-35,37,39-43,45,47-50H2,1-5H3,(H-,54,57,58,59)/b23-21-,38-36+,46-44+. The van der Waals surface area contributed by atoms with Crippen LogP contribution in [0.1, 0.15) is 245 Å². The minimum atomic E-state index is -4.60. The van der Waals surface area contributed by atoms with E-state index in [1.165, 1.54) is 186 Å². The van der Waals surface area contributed by atoms with E-state index in [4.69, 9.17) is 9.05 Å². The van der Waals surface area contributed by atoms with Gasteiger partial charge < -0.3 is 28.8 Å². The van der Waals surface area contributed by atoms with Gasteiger partial charge >= 0.3 is 0 Å². The number of quaternary nitrogens is 1. The van der Waals surface area contributed by atoms with Crippen molar-refractivity contribution in [1.29, 1.82) is 0 Å². The zero-order valence-electron chi connectivity index (χ0n) is 41.6. The molecule has 0 aliphatic heterocycles. The van der Waals surface area contributed by atoms with Gasteiger partial charge in [0.05, 0.1) is 39.9 Å². The van der Waals surface area contributed by atoms with Crippen molar-refractivity contribution in [3.8, 4) is 0 Å². The van der Waals surface area contributed by atoms with Crippen LogP contribution in [0.5, 0.6) is 0 Å². The molecule has 3 unspecified atom stereocenters. The molecule has 0 saturated heterocycles. The van der Waals surface area contributed by atoms with E-state index in [0.29, 0.717) is 17.4 Å². The first kappa shape index (κ1) is 60.7. The lowest BCUT2D eigenvalue weighted by molar-refractivity contribution is -0.870. The smallest absolute Gasteiger partial charge is 0.268 e. The van der Waals surface area contributed by atoms with Gasteiger partial charge in [0.1, 0.15) is 13.2 Å². The Morgan fingerprint density at radius 3 is 1.31 bits per heavy atom. The third kappa shape index (κ3) is 46.7. The number of carbonyl (C=O) groups is 1. The molecule has 0 heterocycles. The van der Waals surface area contributed by atoms with Gasteiger partial charge in [0, 0.05) is 6.42 Å². The van der Waals surface area contributed by atoms with Crippen molar-refractivity contribution >= 4 is 13.7 Å². The number of nitrogens with one attached hydrogen (secondary N) is 1. The molecule has 0 radical (unpaired) electrons. The number of carbonyl (C=O) groups excluding carboxylic acids is 1. The number of hydrogen-bond acceptors (Lipinski definition) is 6. The molecule has 62 heavy (non-hydrogen) atoms. The third-order valence-electron chi connectivity index (χ3n) is 11.8. The molecule has 0 aromatic rings. The van der Waals surface area contributed by atoms with E-state index in [1.807, 2.05) is 27.2 Å². The van der Waals surface area contributed by atoms with E-state index in [1.54, 1.807) is 6.08 Å². The number of unbranched alkanes of at least 4 members (excludes halogenated alkanes) is 31. The second-order valence-electron chi connectivity index (χ2n) is 19.2. The highest BCUT2D eigenvalue weighted by atomic mass is 31.2. The molecule has 366 valence electrons. The van der Waals surface area contributed by atoms with Crippen LogP contribution in [0.15, 0.2) is 36.5 Å². The normalized spacial score (nSPS) is 14.4. The van der Waals surface area contributed by atoms with Gasteiger partial charge in [-0.05, 0) is 57.8 Å². The molecule has 1 amide bonds. The van der Waals surface area contributed by atoms with Crippen LogP contribution < -0.4 is 10.2 Å². The molecule has 0 aliphatic rings. The summed E-state index contributed by atoms with van der Waals surface area (Å²) in [5.41, 5.74) is 0. The van der Waals surface area contributed by atoms with Gasteiger partial charge in [0.25, 0.3) is 7.82 Å². The lowest BCUT2D eigenvalue weighted by atomic mass is 10.0. The van der Waals surface area contributed by atoms with E-state index in [-0.39, 0.29) is 12.5 Å². The second kappa shape index (κ2) is 44.9. The van der Waals surface area contributed by atoms with Crippen LogP contribution in [-0.2, 0) is 18.4 Å². The Bertz CT molecular complexity index is 1110. The fraction of sp³-hybridized carbons (Fsp3) is 0.868. The molecule has 0 bridgehead atoms. The number of hydrogen-bond donors (Lipinski definition) is 2. The molecule has 0 spiro atoms. The van der Waals surface area contributed by atoms with Gasteiger partial charge in [-0.15, -0.1) is 0 Å². The summed E-state index contributed by atoms with van der Waals surface area (Å²) in [5.74, 6) is -0.208. The number of phosphoric ester groups is 1. The molecular formula is C53H103N2O6P. The monoisotopic (exact) mass is 895 g/mol. The number of amides is 1. The summed E-state index contributed by atoms with van der Waals surface area (Å²) < 4.78 is 23.3. The molecule has 0 rings (SSSR count). The second-order valence-corrected chi connectivity index (χ2v) is 20.6. The number of phosphoric acid groups is 1. The first-order valence-corrected chi connectivity index (χ1v) is 27.8. The van der Waals surface area contributed by atoms with Gasteiger partial charge in [-0.2, -0.15) is 0 Å². The molecular weight excluding hydrogens is 792 g/mol. The number of likely N-dealkylation sites (N-methyl/N-ethyl adjacent to an activating group) is 1. The highest BCUT2D eigenvalue weighted by Gasteiger charge is 2.23. The number of aliphatic hydroxyl groups excluding tert-OH is 1. The summed E-state index contributed by atoms with van der Waals surface area (Å²) in [5, 5.41) is 13.8. The van der Waals surface area contributed by atoms with E-state index < -0.39 is 26.6 Å². The molecule has 8 nitrogen and oxygen atoms in total. The summed E-state index contributed by atoms with van der Waals surface area (Å²) in [6.07, 6.45) is 56.3. The Hall–Kier alpha value is -1.28. The molecule has 2 N–H and O–H groups in total. The minimum absolute atomic E-state index is 0.00623. The fourth-order valence-electron chi connectivity index (χ4n) is 7.63. The summed E-state index contributed by atoms with van der Waals surface area (Å²) in [7, 11) is 1.25. The molecule has 0 aliphatic carbocycles. The molecule has 0 aromatic carbocycles. The van der Waals surface area contributed by atoms with E-state index in [9.17, 15) is 19.4 Å². The van der Waals surface area contributed by atoms with Crippen LogP contribution in [0.2, 0.25) is 0 Å². The van der Waals surface area contributed by atoms with Crippen LogP contribution in [0.25, 0.3) is 0 Å². The average Bonchev–Trinajstić information content (AvgIpc) is 3.23. The zero-order chi connectivity index (χ0) is 45.7. The maximum Gasteiger partial charge on any atom is 0.268 e. The quantitative estimate of drug-likeness (QED) is 0.0273. The largest absolute Gasteiger partial charge is 0.756 e. The van der Waals surface area contributed by atoms with E-state index in [2.05, 4.69) is 43.5 Å². The summed E-state index contributed by atoms with van der Waals surface area (Å²) in [6.45, 7) is 4.64. The SMILES string of the molecule is CCCCCCCC/C=C\CCCCCCCCCCCC(=O)NC(COP(=O)([O-])OCC[N+](C)(C)C)C(O)/C=C/CC/C=C/CCCCCCCCCCCCCCCCC. The van der Waals surface area contributed by atoms with Gasteiger partial charge in [-0.3, -0.25) is 9.36 Å².